The molecule has 0 radical (unpaired) electrons. The largest absolute Gasteiger partial charge is 0.469 e. The van der Waals surface area contributed by atoms with Crippen LogP contribution in [0.2, 0.25) is 0 Å². The monoisotopic (exact) mass is 314 g/mol. The summed E-state index contributed by atoms with van der Waals surface area (Å²) in [6.07, 6.45) is 0.146. The van der Waals surface area contributed by atoms with Crippen LogP contribution in [0.3, 0.4) is 0 Å². The summed E-state index contributed by atoms with van der Waals surface area (Å²) in [5.41, 5.74) is -0.530. The zero-order valence-corrected chi connectivity index (χ0v) is 14.6. The molecule has 0 aromatic heterocycles. The van der Waals surface area contributed by atoms with Gasteiger partial charge in [-0.2, -0.15) is 0 Å². The maximum Gasteiger partial charge on any atom is 0.407 e. The summed E-state index contributed by atoms with van der Waals surface area (Å²) in [6, 6.07) is -0.105. The quantitative estimate of drug-likeness (QED) is 0.804. The second kappa shape index (κ2) is 7.81. The van der Waals surface area contributed by atoms with E-state index in [-0.39, 0.29) is 17.9 Å². The fraction of sp³-hybridized carbons (Fsp3) is 0.875. The number of esters is 1. The number of amides is 1. The van der Waals surface area contributed by atoms with Gasteiger partial charge in [0.1, 0.15) is 5.60 Å². The van der Waals surface area contributed by atoms with E-state index in [0.717, 1.165) is 13.1 Å². The number of rotatable bonds is 4. The first kappa shape index (κ1) is 18.7. The maximum absolute atomic E-state index is 11.9. The van der Waals surface area contributed by atoms with Gasteiger partial charge in [-0.25, -0.2) is 4.79 Å². The number of methoxy groups -OCH3 is 1. The van der Waals surface area contributed by atoms with Crippen LogP contribution in [0.1, 0.15) is 41.0 Å². The van der Waals surface area contributed by atoms with Gasteiger partial charge in [0.15, 0.2) is 0 Å². The number of hydrogen-bond acceptors (Lipinski definition) is 5. The molecule has 6 heteroatoms. The standard InChI is InChI=1S/C16H30N2O4/c1-11(2)8-18-9-12(14(19)21-6)7-13(10-18)17-15(20)22-16(3,4)5/h11-13H,7-10H2,1-6H3,(H,17,20). The molecular formula is C16H30N2O4. The summed E-state index contributed by atoms with van der Waals surface area (Å²) in [7, 11) is 1.40. The van der Waals surface area contributed by atoms with Crippen molar-refractivity contribution < 1.29 is 19.1 Å². The smallest absolute Gasteiger partial charge is 0.407 e. The molecule has 1 rings (SSSR count). The molecule has 6 nitrogen and oxygen atoms in total. The number of nitrogens with one attached hydrogen (secondary N) is 1. The third kappa shape index (κ3) is 6.64. The number of hydrogen-bond donors (Lipinski definition) is 1. The first-order valence-corrected chi connectivity index (χ1v) is 7.90. The van der Waals surface area contributed by atoms with Crippen molar-refractivity contribution in [1.82, 2.24) is 10.2 Å². The Hall–Kier alpha value is -1.30. The number of carbonyl (C=O) groups excluding carboxylic acids is 2. The van der Waals surface area contributed by atoms with E-state index in [4.69, 9.17) is 9.47 Å². The van der Waals surface area contributed by atoms with E-state index in [0.29, 0.717) is 18.9 Å². The van der Waals surface area contributed by atoms with E-state index >= 15 is 0 Å². The molecular weight excluding hydrogens is 284 g/mol. The Bertz CT molecular complexity index is 390. The fourth-order valence-corrected chi connectivity index (χ4v) is 2.77. The molecule has 1 aliphatic rings. The van der Waals surface area contributed by atoms with Crippen LogP contribution >= 0.6 is 0 Å². The van der Waals surface area contributed by atoms with Crippen LogP contribution in [-0.4, -0.2) is 55.3 Å². The molecule has 0 aromatic carbocycles. The Morgan fingerprint density at radius 3 is 2.41 bits per heavy atom. The summed E-state index contributed by atoms with van der Waals surface area (Å²) in [5.74, 6) is 0.0699. The molecule has 128 valence electrons. The second-order valence-electron chi connectivity index (χ2n) is 7.41. The fourth-order valence-electron chi connectivity index (χ4n) is 2.77. The molecule has 1 fully saturated rings. The lowest BCUT2D eigenvalue weighted by Gasteiger charge is -2.37. The van der Waals surface area contributed by atoms with Gasteiger partial charge in [0.05, 0.1) is 13.0 Å². The summed E-state index contributed by atoms with van der Waals surface area (Å²) < 4.78 is 10.2. The highest BCUT2D eigenvalue weighted by Gasteiger charge is 2.33. The third-order valence-corrected chi connectivity index (χ3v) is 3.40. The molecule has 0 bridgehead atoms. The molecule has 1 amide bonds. The van der Waals surface area contributed by atoms with E-state index in [2.05, 4.69) is 24.1 Å². The van der Waals surface area contributed by atoms with Crippen molar-refractivity contribution in [2.24, 2.45) is 11.8 Å². The molecule has 0 spiro atoms. The molecule has 0 aliphatic carbocycles. The molecule has 0 aromatic rings. The van der Waals surface area contributed by atoms with E-state index in [1.165, 1.54) is 7.11 Å². The van der Waals surface area contributed by atoms with Gasteiger partial charge in [-0.1, -0.05) is 13.8 Å². The highest BCUT2D eigenvalue weighted by Crippen LogP contribution is 2.20. The lowest BCUT2D eigenvalue weighted by molar-refractivity contribution is -0.147. The zero-order valence-electron chi connectivity index (χ0n) is 14.6. The number of piperidine rings is 1. The minimum atomic E-state index is -0.530. The van der Waals surface area contributed by atoms with Crippen molar-refractivity contribution >= 4 is 12.1 Å². The number of likely N-dealkylation sites (tertiary alicyclic amines) is 1. The van der Waals surface area contributed by atoms with Gasteiger partial charge in [-0.3, -0.25) is 4.79 Å². The molecule has 2 atom stereocenters. The van der Waals surface area contributed by atoms with E-state index in [1.54, 1.807) is 0 Å². The topological polar surface area (TPSA) is 67.9 Å². The second-order valence-corrected chi connectivity index (χ2v) is 7.41. The van der Waals surface area contributed by atoms with Crippen LogP contribution in [0, 0.1) is 11.8 Å². The van der Waals surface area contributed by atoms with Gasteiger partial charge in [-0.15, -0.1) is 0 Å². The minimum Gasteiger partial charge on any atom is -0.469 e. The van der Waals surface area contributed by atoms with Crippen molar-refractivity contribution in [3.05, 3.63) is 0 Å². The minimum absolute atomic E-state index is 0.105. The summed E-state index contributed by atoms with van der Waals surface area (Å²) >= 11 is 0. The Morgan fingerprint density at radius 2 is 1.91 bits per heavy atom. The molecule has 1 saturated heterocycles. The van der Waals surface area contributed by atoms with Gasteiger partial charge in [-0.05, 0) is 33.1 Å². The highest BCUT2D eigenvalue weighted by molar-refractivity contribution is 5.73. The van der Waals surface area contributed by atoms with Crippen LogP contribution in [0.25, 0.3) is 0 Å². The van der Waals surface area contributed by atoms with Crippen LogP contribution in [0.4, 0.5) is 4.79 Å². The Morgan fingerprint density at radius 1 is 1.27 bits per heavy atom. The van der Waals surface area contributed by atoms with E-state index in [9.17, 15) is 9.59 Å². The molecule has 0 saturated carbocycles. The summed E-state index contributed by atoms with van der Waals surface area (Å²) in [6.45, 7) is 12.1. The van der Waals surface area contributed by atoms with Crippen molar-refractivity contribution in [2.45, 2.75) is 52.7 Å². The number of carbonyl (C=O) groups is 2. The lowest BCUT2D eigenvalue weighted by Crippen LogP contribution is -2.53. The van der Waals surface area contributed by atoms with Crippen molar-refractivity contribution in [3.63, 3.8) is 0 Å². The van der Waals surface area contributed by atoms with E-state index in [1.807, 2.05) is 20.8 Å². The summed E-state index contributed by atoms with van der Waals surface area (Å²) in [4.78, 5) is 26.0. The Labute approximate surface area is 133 Å². The molecule has 1 N–H and O–H groups in total. The van der Waals surface area contributed by atoms with Crippen molar-refractivity contribution in [2.75, 3.05) is 26.7 Å². The van der Waals surface area contributed by atoms with Gasteiger partial charge < -0.3 is 19.7 Å². The normalized spacial score (nSPS) is 23.2. The van der Waals surface area contributed by atoms with Crippen LogP contribution in [-0.2, 0) is 14.3 Å². The number of ether oxygens (including phenoxy) is 2. The van der Waals surface area contributed by atoms with Gasteiger partial charge >= 0.3 is 12.1 Å². The molecule has 2 unspecified atom stereocenters. The number of nitrogens with zero attached hydrogens (tertiary/aromatic N) is 1. The number of alkyl carbamates (subject to hydrolysis) is 1. The van der Waals surface area contributed by atoms with Crippen LogP contribution in [0.15, 0.2) is 0 Å². The first-order chi connectivity index (χ1) is 10.1. The van der Waals surface area contributed by atoms with Crippen LogP contribution < -0.4 is 5.32 Å². The average Bonchev–Trinajstić information content (AvgIpc) is 2.34. The predicted octanol–water partition coefficient (Wildman–Crippen LogP) is 2.03. The summed E-state index contributed by atoms with van der Waals surface area (Å²) in [5, 5.41) is 2.88. The molecule has 22 heavy (non-hydrogen) atoms. The molecule has 1 heterocycles. The van der Waals surface area contributed by atoms with Crippen molar-refractivity contribution in [1.29, 1.82) is 0 Å². The Balaban J connectivity index is 2.67. The van der Waals surface area contributed by atoms with Crippen LogP contribution in [0.5, 0.6) is 0 Å². The zero-order chi connectivity index (χ0) is 16.9. The Kier molecular flexibility index (Phi) is 6.66. The van der Waals surface area contributed by atoms with Crippen molar-refractivity contribution in [3.8, 4) is 0 Å². The average molecular weight is 314 g/mol. The third-order valence-electron chi connectivity index (χ3n) is 3.40. The SMILES string of the molecule is COC(=O)C1CC(NC(=O)OC(C)(C)C)CN(CC(C)C)C1. The van der Waals surface area contributed by atoms with E-state index < -0.39 is 11.7 Å². The molecule has 1 aliphatic heterocycles. The van der Waals surface area contributed by atoms with Gasteiger partial charge in [0, 0.05) is 25.7 Å². The predicted molar refractivity (Wildman–Crippen MR) is 84.6 cm³/mol. The van der Waals surface area contributed by atoms with Gasteiger partial charge in [0.2, 0.25) is 0 Å². The first-order valence-electron chi connectivity index (χ1n) is 7.90. The maximum atomic E-state index is 11.9. The highest BCUT2D eigenvalue weighted by atomic mass is 16.6. The van der Waals surface area contributed by atoms with Gasteiger partial charge in [0.25, 0.3) is 0 Å². The lowest BCUT2D eigenvalue weighted by atomic mass is 9.93.